The van der Waals surface area contributed by atoms with Crippen LogP contribution in [0.3, 0.4) is 0 Å². The van der Waals surface area contributed by atoms with Crippen LogP contribution >= 0.6 is 0 Å². The number of hydrogen-bond acceptors (Lipinski definition) is 2. The van der Waals surface area contributed by atoms with Crippen molar-refractivity contribution in [2.24, 2.45) is 29.1 Å². The van der Waals surface area contributed by atoms with Gasteiger partial charge in [-0.3, -0.25) is 4.79 Å². The minimum Gasteiger partial charge on any atom is -0.392 e. The zero-order valence-electron chi connectivity index (χ0n) is 14.1. The van der Waals surface area contributed by atoms with Crippen LogP contribution in [0, 0.1) is 29.1 Å². The summed E-state index contributed by atoms with van der Waals surface area (Å²) in [6.07, 6.45) is 7.88. The minimum absolute atomic E-state index is 0.0191. The summed E-state index contributed by atoms with van der Waals surface area (Å²) in [5.41, 5.74) is 4.51. The van der Waals surface area contributed by atoms with Gasteiger partial charge in [-0.05, 0) is 68.8 Å². The Hall–Kier alpha value is -0.890. The van der Waals surface area contributed by atoms with Gasteiger partial charge in [0.2, 0.25) is 0 Å². The smallest absolute Gasteiger partial charge is 0.155 e. The number of rotatable bonds is 0. The highest BCUT2D eigenvalue weighted by Gasteiger charge is 2.55. The lowest BCUT2D eigenvalue weighted by Crippen LogP contribution is -2.47. The van der Waals surface area contributed by atoms with E-state index < -0.39 is 0 Å². The van der Waals surface area contributed by atoms with E-state index in [2.05, 4.69) is 20.8 Å². The van der Waals surface area contributed by atoms with Gasteiger partial charge in [-0.25, -0.2) is 0 Å². The van der Waals surface area contributed by atoms with E-state index in [9.17, 15) is 9.90 Å². The summed E-state index contributed by atoms with van der Waals surface area (Å²) < 4.78 is 0. The van der Waals surface area contributed by atoms with E-state index in [4.69, 9.17) is 0 Å². The molecule has 0 spiro atoms. The van der Waals surface area contributed by atoms with Crippen LogP contribution in [0.25, 0.3) is 0 Å². The number of aliphatic hydroxyl groups excluding tert-OH is 1. The lowest BCUT2D eigenvalue weighted by atomic mass is 9.51. The van der Waals surface area contributed by atoms with E-state index in [0.29, 0.717) is 29.5 Å². The fourth-order valence-electron chi connectivity index (χ4n) is 6.34. The first-order valence-corrected chi connectivity index (χ1v) is 9.03. The fourth-order valence-corrected chi connectivity index (χ4v) is 6.34. The summed E-state index contributed by atoms with van der Waals surface area (Å²) in [4.78, 5) is 11.8. The van der Waals surface area contributed by atoms with Gasteiger partial charge in [-0.1, -0.05) is 30.6 Å². The summed E-state index contributed by atoms with van der Waals surface area (Å²) in [7, 11) is 0. The first-order chi connectivity index (χ1) is 10.4. The Kier molecular flexibility index (Phi) is 3.21. The van der Waals surface area contributed by atoms with Gasteiger partial charge in [0.25, 0.3) is 0 Å². The van der Waals surface area contributed by atoms with Gasteiger partial charge in [0.05, 0.1) is 6.10 Å². The van der Waals surface area contributed by atoms with Crippen LogP contribution in [-0.4, -0.2) is 17.0 Å². The van der Waals surface area contributed by atoms with Crippen molar-refractivity contribution >= 4 is 5.78 Å². The first kappa shape index (κ1) is 14.7. The van der Waals surface area contributed by atoms with Gasteiger partial charge in [0.1, 0.15) is 0 Å². The molecular weight excluding hydrogens is 272 g/mol. The molecule has 1 unspecified atom stereocenters. The van der Waals surface area contributed by atoms with Gasteiger partial charge >= 0.3 is 0 Å². The highest BCUT2D eigenvalue weighted by molar-refractivity contribution is 5.91. The summed E-state index contributed by atoms with van der Waals surface area (Å²) in [6.45, 7) is 6.90. The van der Waals surface area contributed by atoms with E-state index in [1.807, 2.05) is 6.08 Å². The number of fused-ring (bicyclic) bond motifs is 5. The van der Waals surface area contributed by atoms with Crippen molar-refractivity contribution in [1.29, 1.82) is 0 Å². The predicted octanol–water partition coefficient (Wildman–Crippen LogP) is 4.05. The Balaban J connectivity index is 1.76. The zero-order chi connectivity index (χ0) is 15.6. The molecule has 0 aromatic carbocycles. The second kappa shape index (κ2) is 4.80. The van der Waals surface area contributed by atoms with Gasteiger partial charge in [0.15, 0.2) is 5.78 Å². The largest absolute Gasteiger partial charge is 0.392 e. The first-order valence-electron chi connectivity index (χ1n) is 9.03. The number of allylic oxidation sites excluding steroid dienone is 2. The molecule has 4 rings (SSSR count). The van der Waals surface area contributed by atoms with Crippen LogP contribution in [0.15, 0.2) is 22.8 Å². The molecule has 4 aliphatic rings. The Morgan fingerprint density at radius 2 is 2.05 bits per heavy atom. The topological polar surface area (TPSA) is 37.3 Å². The summed E-state index contributed by atoms with van der Waals surface area (Å²) >= 11 is 0. The minimum atomic E-state index is -0.180. The number of carbonyl (C=O) groups is 1. The molecule has 120 valence electrons. The van der Waals surface area contributed by atoms with Crippen molar-refractivity contribution in [3.05, 3.63) is 22.8 Å². The molecule has 0 bridgehead atoms. The van der Waals surface area contributed by atoms with Crippen LogP contribution in [0.2, 0.25) is 0 Å². The lowest BCUT2D eigenvalue weighted by Gasteiger charge is -2.53. The van der Waals surface area contributed by atoms with Crippen molar-refractivity contribution in [1.82, 2.24) is 0 Å². The molecule has 0 aromatic heterocycles. The highest BCUT2D eigenvalue weighted by atomic mass is 16.3. The van der Waals surface area contributed by atoms with Crippen LogP contribution in [0.4, 0.5) is 0 Å². The maximum atomic E-state index is 11.8. The Morgan fingerprint density at radius 3 is 2.82 bits per heavy atom. The molecule has 6 atom stereocenters. The van der Waals surface area contributed by atoms with Gasteiger partial charge in [-0.15, -0.1) is 0 Å². The molecule has 2 nitrogen and oxygen atoms in total. The summed E-state index contributed by atoms with van der Waals surface area (Å²) in [5, 5.41) is 10.6. The second-order valence-electron chi connectivity index (χ2n) is 8.57. The Labute approximate surface area is 133 Å². The molecule has 1 N–H and O–H groups in total. The molecule has 2 saturated carbocycles. The normalized spacial score (nSPS) is 47.7. The molecule has 0 heterocycles. The summed E-state index contributed by atoms with van der Waals surface area (Å²) in [6, 6.07) is 0. The van der Waals surface area contributed by atoms with Crippen molar-refractivity contribution < 1.29 is 9.90 Å². The lowest BCUT2D eigenvalue weighted by molar-refractivity contribution is -0.115. The SMILES string of the molecule is CC1=C2[C@@H]3[C@H](C)CC4=CC(=O)CCC4[C@H]3CC[C@]2(C)[C@@H](O)C1. The van der Waals surface area contributed by atoms with Gasteiger partial charge < -0.3 is 5.11 Å². The molecule has 0 aromatic rings. The maximum Gasteiger partial charge on any atom is 0.155 e. The quantitative estimate of drug-likeness (QED) is 0.685. The number of hydrogen-bond donors (Lipinski definition) is 1. The number of ketones is 1. The van der Waals surface area contributed by atoms with Crippen molar-refractivity contribution in [2.75, 3.05) is 0 Å². The molecule has 0 amide bonds. The maximum absolute atomic E-state index is 11.8. The highest BCUT2D eigenvalue weighted by Crippen LogP contribution is 2.62. The van der Waals surface area contributed by atoms with E-state index >= 15 is 0 Å². The van der Waals surface area contributed by atoms with Crippen LogP contribution in [0.1, 0.15) is 59.3 Å². The summed E-state index contributed by atoms with van der Waals surface area (Å²) in [5.74, 6) is 2.90. The van der Waals surface area contributed by atoms with Crippen molar-refractivity contribution in [3.63, 3.8) is 0 Å². The predicted molar refractivity (Wildman–Crippen MR) is 87.2 cm³/mol. The van der Waals surface area contributed by atoms with Crippen molar-refractivity contribution in [3.8, 4) is 0 Å². The zero-order valence-corrected chi connectivity index (χ0v) is 14.1. The molecule has 22 heavy (non-hydrogen) atoms. The third kappa shape index (κ3) is 1.86. The van der Waals surface area contributed by atoms with Crippen LogP contribution < -0.4 is 0 Å². The van der Waals surface area contributed by atoms with E-state index in [0.717, 1.165) is 32.1 Å². The number of carbonyl (C=O) groups excluding carboxylic acids is 1. The van der Waals surface area contributed by atoms with E-state index in [-0.39, 0.29) is 11.5 Å². The molecule has 0 saturated heterocycles. The molecule has 0 radical (unpaired) electrons. The molecule has 0 aliphatic heterocycles. The van der Waals surface area contributed by atoms with E-state index in [1.54, 1.807) is 5.57 Å². The van der Waals surface area contributed by atoms with Crippen molar-refractivity contribution in [2.45, 2.75) is 65.4 Å². The fraction of sp³-hybridized carbons (Fsp3) is 0.750. The molecule has 2 heteroatoms. The van der Waals surface area contributed by atoms with Gasteiger partial charge in [-0.2, -0.15) is 0 Å². The third-order valence-corrected chi connectivity index (χ3v) is 7.31. The monoisotopic (exact) mass is 300 g/mol. The van der Waals surface area contributed by atoms with E-state index in [1.165, 1.54) is 17.6 Å². The van der Waals surface area contributed by atoms with Crippen LogP contribution in [-0.2, 0) is 4.79 Å². The Bertz CT molecular complexity index is 585. The third-order valence-electron chi connectivity index (χ3n) is 7.31. The Morgan fingerprint density at radius 1 is 1.27 bits per heavy atom. The second-order valence-corrected chi connectivity index (χ2v) is 8.57. The molecule has 4 aliphatic carbocycles. The number of aliphatic hydroxyl groups is 1. The van der Waals surface area contributed by atoms with Crippen LogP contribution in [0.5, 0.6) is 0 Å². The standard InChI is InChI=1S/C20H28O2/c1-11-8-13-10-14(21)4-5-15(13)16-6-7-20(3)17(22)9-12(2)19(20)18(11)16/h10-11,15-18,22H,4-9H2,1-3H3/t11-,15?,16-,17+,18-,20-/m1/s1. The average molecular weight is 300 g/mol. The average Bonchev–Trinajstić information content (AvgIpc) is 2.69. The van der Waals surface area contributed by atoms with Gasteiger partial charge in [0, 0.05) is 11.8 Å². The molecule has 2 fully saturated rings. The molecular formula is C20H28O2.